The van der Waals surface area contributed by atoms with E-state index in [4.69, 9.17) is 4.74 Å². The molecule has 0 aliphatic heterocycles. The minimum atomic E-state index is -0.901. The van der Waals surface area contributed by atoms with Gasteiger partial charge in [0.1, 0.15) is 11.8 Å². The van der Waals surface area contributed by atoms with Gasteiger partial charge < -0.3 is 15.2 Å². The zero-order valence-electron chi connectivity index (χ0n) is 12.9. The number of carbonyl (C=O) groups is 2. The molecule has 122 valence electrons. The lowest BCUT2D eigenvalue weighted by molar-refractivity contribution is -0.142. The zero-order chi connectivity index (χ0) is 16.7. The standard InChI is InChI=1S/C15H21BrN2O4/c1-10(15(20)21)18(7-6-17-11(2)19)9-12-8-13(22-3)4-5-14(12)16/h4-5,8,10H,6-7,9H2,1-3H3,(H,17,19)(H,20,21). The van der Waals surface area contributed by atoms with Gasteiger partial charge in [0, 0.05) is 31.0 Å². The molecule has 1 unspecified atom stereocenters. The fourth-order valence-electron chi connectivity index (χ4n) is 1.96. The SMILES string of the molecule is COc1ccc(Br)c(CN(CCNC(C)=O)C(C)C(=O)O)c1. The molecule has 0 radical (unpaired) electrons. The highest BCUT2D eigenvalue weighted by Crippen LogP contribution is 2.24. The Morgan fingerprint density at radius 2 is 2.14 bits per heavy atom. The third kappa shape index (κ3) is 5.65. The van der Waals surface area contributed by atoms with Gasteiger partial charge in [0.05, 0.1) is 7.11 Å². The average molecular weight is 373 g/mol. The Hall–Kier alpha value is -1.60. The molecule has 0 aliphatic carbocycles. The van der Waals surface area contributed by atoms with Crippen LogP contribution in [0.5, 0.6) is 5.75 Å². The molecule has 22 heavy (non-hydrogen) atoms. The number of halogens is 1. The van der Waals surface area contributed by atoms with Crippen LogP contribution in [0.4, 0.5) is 0 Å². The minimum Gasteiger partial charge on any atom is -0.497 e. The van der Waals surface area contributed by atoms with Crippen molar-refractivity contribution in [1.82, 2.24) is 10.2 Å². The average Bonchev–Trinajstić information content (AvgIpc) is 2.47. The monoisotopic (exact) mass is 372 g/mol. The van der Waals surface area contributed by atoms with E-state index in [1.807, 2.05) is 18.2 Å². The first-order chi connectivity index (χ1) is 10.3. The van der Waals surface area contributed by atoms with Gasteiger partial charge in [-0.15, -0.1) is 0 Å². The molecule has 0 spiro atoms. The molecule has 0 bridgehead atoms. The van der Waals surface area contributed by atoms with E-state index < -0.39 is 12.0 Å². The number of hydrogen-bond acceptors (Lipinski definition) is 4. The van der Waals surface area contributed by atoms with Crippen LogP contribution >= 0.6 is 15.9 Å². The minimum absolute atomic E-state index is 0.134. The van der Waals surface area contributed by atoms with Crippen LogP contribution in [0.15, 0.2) is 22.7 Å². The Balaban J connectivity index is 2.87. The van der Waals surface area contributed by atoms with Crippen LogP contribution in [0.1, 0.15) is 19.4 Å². The van der Waals surface area contributed by atoms with Crippen molar-refractivity contribution >= 4 is 27.8 Å². The molecule has 1 atom stereocenters. The van der Waals surface area contributed by atoms with E-state index in [-0.39, 0.29) is 5.91 Å². The molecule has 6 nitrogen and oxygen atoms in total. The summed E-state index contributed by atoms with van der Waals surface area (Å²) in [5.74, 6) is -0.324. The maximum Gasteiger partial charge on any atom is 0.320 e. The number of rotatable bonds is 8. The maximum atomic E-state index is 11.3. The van der Waals surface area contributed by atoms with Crippen LogP contribution < -0.4 is 10.1 Å². The summed E-state index contributed by atoms with van der Waals surface area (Å²) in [6.45, 7) is 4.34. The number of methoxy groups -OCH3 is 1. The van der Waals surface area contributed by atoms with Crippen molar-refractivity contribution in [2.75, 3.05) is 20.2 Å². The van der Waals surface area contributed by atoms with E-state index in [1.165, 1.54) is 6.92 Å². The number of benzene rings is 1. The van der Waals surface area contributed by atoms with Gasteiger partial charge in [-0.25, -0.2) is 0 Å². The third-order valence-corrected chi connectivity index (χ3v) is 4.08. The van der Waals surface area contributed by atoms with Crippen LogP contribution in [-0.4, -0.2) is 48.1 Å². The van der Waals surface area contributed by atoms with Crippen molar-refractivity contribution < 1.29 is 19.4 Å². The molecule has 0 saturated carbocycles. The van der Waals surface area contributed by atoms with Crippen LogP contribution in [0.3, 0.4) is 0 Å². The van der Waals surface area contributed by atoms with Gasteiger partial charge in [0.2, 0.25) is 5.91 Å². The molecule has 0 aliphatic rings. The van der Waals surface area contributed by atoms with E-state index in [2.05, 4.69) is 21.2 Å². The first-order valence-electron chi connectivity index (χ1n) is 6.89. The molecule has 2 N–H and O–H groups in total. The molecule has 0 fully saturated rings. The Morgan fingerprint density at radius 1 is 1.45 bits per heavy atom. The molecular formula is C15H21BrN2O4. The number of nitrogens with zero attached hydrogens (tertiary/aromatic N) is 1. The second-order valence-electron chi connectivity index (χ2n) is 4.92. The van der Waals surface area contributed by atoms with Crippen LogP contribution in [0, 0.1) is 0 Å². The molecule has 0 aromatic heterocycles. The summed E-state index contributed by atoms with van der Waals surface area (Å²) in [5, 5.41) is 11.9. The number of hydrogen-bond donors (Lipinski definition) is 2. The van der Waals surface area contributed by atoms with Crippen molar-refractivity contribution in [3.63, 3.8) is 0 Å². The van der Waals surface area contributed by atoms with Gasteiger partial charge in [-0.1, -0.05) is 15.9 Å². The highest BCUT2D eigenvalue weighted by atomic mass is 79.9. The first-order valence-corrected chi connectivity index (χ1v) is 7.68. The van der Waals surface area contributed by atoms with Gasteiger partial charge in [-0.05, 0) is 30.7 Å². The van der Waals surface area contributed by atoms with Gasteiger partial charge in [0.15, 0.2) is 0 Å². The number of carboxylic acid groups (broad SMARTS) is 1. The molecule has 1 amide bonds. The van der Waals surface area contributed by atoms with Gasteiger partial charge >= 0.3 is 5.97 Å². The Kier molecular flexibility index (Phi) is 7.34. The highest BCUT2D eigenvalue weighted by molar-refractivity contribution is 9.10. The van der Waals surface area contributed by atoms with E-state index in [1.54, 1.807) is 18.9 Å². The number of carboxylic acids is 1. The van der Waals surface area contributed by atoms with E-state index in [0.29, 0.717) is 25.4 Å². The Bertz CT molecular complexity index is 536. The number of amides is 1. The van der Waals surface area contributed by atoms with E-state index in [9.17, 15) is 14.7 Å². The summed E-state index contributed by atoms with van der Waals surface area (Å²) in [6.07, 6.45) is 0. The molecule has 0 heterocycles. The first kappa shape index (κ1) is 18.4. The van der Waals surface area contributed by atoms with Gasteiger partial charge in [0.25, 0.3) is 0 Å². The lowest BCUT2D eigenvalue weighted by atomic mass is 10.1. The predicted octanol–water partition coefficient (Wildman–Crippen LogP) is 1.87. The Morgan fingerprint density at radius 3 is 2.68 bits per heavy atom. The normalized spacial score (nSPS) is 12.0. The number of carbonyl (C=O) groups excluding carboxylic acids is 1. The summed E-state index contributed by atoms with van der Waals surface area (Å²) < 4.78 is 6.08. The largest absolute Gasteiger partial charge is 0.497 e. The van der Waals surface area contributed by atoms with Crippen LogP contribution in [-0.2, 0) is 16.1 Å². The summed E-state index contributed by atoms with van der Waals surface area (Å²) in [6, 6.07) is 4.90. The molecule has 1 aromatic carbocycles. The summed E-state index contributed by atoms with van der Waals surface area (Å²) in [5.41, 5.74) is 0.926. The van der Waals surface area contributed by atoms with E-state index >= 15 is 0 Å². The zero-order valence-corrected chi connectivity index (χ0v) is 14.5. The third-order valence-electron chi connectivity index (χ3n) is 3.30. The topological polar surface area (TPSA) is 78.9 Å². The maximum absolute atomic E-state index is 11.3. The molecule has 7 heteroatoms. The van der Waals surface area contributed by atoms with Crippen molar-refractivity contribution in [2.45, 2.75) is 26.4 Å². The molecule has 0 saturated heterocycles. The quantitative estimate of drug-likeness (QED) is 0.728. The number of nitrogens with one attached hydrogen (secondary N) is 1. The Labute approximate surface area is 138 Å². The fraction of sp³-hybridized carbons (Fsp3) is 0.467. The smallest absolute Gasteiger partial charge is 0.320 e. The number of ether oxygens (including phenoxy) is 1. The van der Waals surface area contributed by atoms with Crippen molar-refractivity contribution in [1.29, 1.82) is 0 Å². The predicted molar refractivity (Wildman–Crippen MR) is 86.9 cm³/mol. The lowest BCUT2D eigenvalue weighted by Gasteiger charge is -2.27. The second-order valence-corrected chi connectivity index (χ2v) is 5.78. The highest BCUT2D eigenvalue weighted by Gasteiger charge is 2.21. The van der Waals surface area contributed by atoms with Gasteiger partial charge in [-0.2, -0.15) is 0 Å². The van der Waals surface area contributed by atoms with Crippen molar-refractivity contribution in [2.24, 2.45) is 0 Å². The second kappa shape index (κ2) is 8.75. The summed E-state index contributed by atoms with van der Waals surface area (Å²) in [7, 11) is 1.58. The summed E-state index contributed by atoms with van der Waals surface area (Å²) >= 11 is 3.47. The summed E-state index contributed by atoms with van der Waals surface area (Å²) in [4.78, 5) is 24.0. The molecule has 1 aromatic rings. The van der Waals surface area contributed by atoms with E-state index in [0.717, 1.165) is 10.0 Å². The van der Waals surface area contributed by atoms with Gasteiger partial charge in [-0.3, -0.25) is 14.5 Å². The number of aliphatic carboxylic acids is 1. The van der Waals surface area contributed by atoms with Crippen LogP contribution in [0.25, 0.3) is 0 Å². The van der Waals surface area contributed by atoms with Crippen LogP contribution in [0.2, 0.25) is 0 Å². The lowest BCUT2D eigenvalue weighted by Crippen LogP contribution is -2.42. The molecule has 1 rings (SSSR count). The van der Waals surface area contributed by atoms with Crippen molar-refractivity contribution in [3.05, 3.63) is 28.2 Å². The molecular weight excluding hydrogens is 352 g/mol. The van der Waals surface area contributed by atoms with Crippen molar-refractivity contribution in [3.8, 4) is 5.75 Å². The fourth-order valence-corrected chi connectivity index (χ4v) is 2.33.